The monoisotopic (exact) mass is 506 g/mol. The summed E-state index contributed by atoms with van der Waals surface area (Å²) in [4.78, 5) is 37.9. The standard InChI is InChI=1S/C28H31FN4O2S/c1-4-18(11-17-7-5-6-8-17)27(35)33(3)28-31-24(16-36-28)23-14-21(29)9-10-22(23)20-12-19-13-25(34)32(2)26(19)30-15-20/h9-10,12,14-18H,4-8,11,13H2,1-3H3/t18-/m1/s1. The molecule has 0 radical (unpaired) electrons. The lowest BCUT2D eigenvalue weighted by Crippen LogP contribution is -2.33. The number of likely N-dealkylation sites (N-methyl/N-ethyl adjacent to an activating group) is 1. The fourth-order valence-electron chi connectivity index (χ4n) is 5.46. The molecule has 0 unspecified atom stereocenters. The van der Waals surface area contributed by atoms with Crippen molar-refractivity contribution in [1.82, 2.24) is 9.97 Å². The highest BCUT2D eigenvalue weighted by Crippen LogP contribution is 2.38. The molecular formula is C28H31FN4O2S. The predicted molar refractivity (Wildman–Crippen MR) is 142 cm³/mol. The number of thiazole rings is 1. The molecular weight excluding hydrogens is 475 g/mol. The average molecular weight is 507 g/mol. The quantitative estimate of drug-likeness (QED) is 0.388. The second-order valence-electron chi connectivity index (χ2n) is 9.93. The van der Waals surface area contributed by atoms with E-state index in [0.717, 1.165) is 29.5 Å². The topological polar surface area (TPSA) is 66.4 Å². The third kappa shape index (κ3) is 4.66. The summed E-state index contributed by atoms with van der Waals surface area (Å²) in [5.41, 5.74) is 3.69. The van der Waals surface area contributed by atoms with Gasteiger partial charge >= 0.3 is 0 Å². The minimum atomic E-state index is -0.362. The molecule has 188 valence electrons. The van der Waals surface area contributed by atoms with Gasteiger partial charge in [-0.1, -0.05) is 38.7 Å². The zero-order chi connectivity index (χ0) is 25.4. The minimum Gasteiger partial charge on any atom is -0.299 e. The summed E-state index contributed by atoms with van der Waals surface area (Å²) in [7, 11) is 3.50. The summed E-state index contributed by atoms with van der Waals surface area (Å²) in [6.45, 7) is 2.08. The lowest BCUT2D eigenvalue weighted by Gasteiger charge is -2.23. The van der Waals surface area contributed by atoms with Gasteiger partial charge in [0.05, 0.1) is 12.1 Å². The van der Waals surface area contributed by atoms with Crippen molar-refractivity contribution in [2.24, 2.45) is 11.8 Å². The Morgan fingerprint density at radius 3 is 2.78 bits per heavy atom. The van der Waals surface area contributed by atoms with Gasteiger partial charge in [0.1, 0.15) is 11.6 Å². The first-order chi connectivity index (χ1) is 17.4. The Bertz CT molecular complexity index is 1300. The van der Waals surface area contributed by atoms with Crippen molar-refractivity contribution >= 4 is 34.1 Å². The van der Waals surface area contributed by atoms with E-state index in [4.69, 9.17) is 4.98 Å². The molecule has 1 aromatic carbocycles. The second-order valence-corrected chi connectivity index (χ2v) is 10.8. The van der Waals surface area contributed by atoms with Gasteiger partial charge in [-0.25, -0.2) is 14.4 Å². The second kappa shape index (κ2) is 10.1. The van der Waals surface area contributed by atoms with E-state index in [1.165, 1.54) is 49.2 Å². The number of halogens is 1. The molecule has 6 nitrogen and oxygen atoms in total. The highest BCUT2D eigenvalue weighted by molar-refractivity contribution is 7.14. The number of rotatable bonds is 7. The van der Waals surface area contributed by atoms with Crippen LogP contribution in [0.5, 0.6) is 0 Å². The highest BCUT2D eigenvalue weighted by Gasteiger charge is 2.29. The third-order valence-corrected chi connectivity index (χ3v) is 8.51. The van der Waals surface area contributed by atoms with Crippen LogP contribution in [0.2, 0.25) is 0 Å². The molecule has 1 saturated carbocycles. The zero-order valence-corrected chi connectivity index (χ0v) is 21.8. The molecule has 0 N–H and O–H groups in total. The largest absolute Gasteiger partial charge is 0.299 e. The molecule has 3 aromatic rings. The SMILES string of the molecule is CC[C@H](CC1CCCC1)C(=O)N(C)c1nc(-c2cc(F)ccc2-c2cnc3c(c2)CC(=O)N3C)cs1. The van der Waals surface area contributed by atoms with E-state index in [0.29, 0.717) is 34.5 Å². The van der Waals surface area contributed by atoms with Crippen LogP contribution in [0.3, 0.4) is 0 Å². The van der Waals surface area contributed by atoms with Crippen molar-refractivity contribution in [3.05, 3.63) is 47.2 Å². The number of benzene rings is 1. The van der Waals surface area contributed by atoms with Crippen LogP contribution in [0, 0.1) is 17.7 Å². The third-order valence-electron chi connectivity index (χ3n) is 7.59. The minimum absolute atomic E-state index is 0.00383. The van der Waals surface area contributed by atoms with Gasteiger partial charge in [0.2, 0.25) is 11.8 Å². The van der Waals surface area contributed by atoms with Gasteiger partial charge in [-0.05, 0) is 42.5 Å². The Kier molecular flexibility index (Phi) is 6.88. The van der Waals surface area contributed by atoms with E-state index in [1.807, 2.05) is 11.4 Å². The molecule has 0 spiro atoms. The molecule has 1 atom stereocenters. The van der Waals surface area contributed by atoms with Crippen molar-refractivity contribution < 1.29 is 14.0 Å². The van der Waals surface area contributed by atoms with E-state index >= 15 is 0 Å². The number of nitrogens with zero attached hydrogens (tertiary/aromatic N) is 4. The summed E-state index contributed by atoms with van der Waals surface area (Å²) >= 11 is 1.39. The first-order valence-corrected chi connectivity index (χ1v) is 13.5. The molecule has 2 aromatic heterocycles. The summed E-state index contributed by atoms with van der Waals surface area (Å²) < 4.78 is 14.4. The Morgan fingerprint density at radius 2 is 2.03 bits per heavy atom. The Hall–Kier alpha value is -3.13. The molecule has 8 heteroatoms. The molecule has 0 bridgehead atoms. The van der Waals surface area contributed by atoms with Crippen LogP contribution in [-0.2, 0) is 16.0 Å². The van der Waals surface area contributed by atoms with E-state index in [-0.39, 0.29) is 23.5 Å². The number of fused-ring (bicyclic) bond motifs is 1. The molecule has 3 heterocycles. The van der Waals surface area contributed by atoms with Gasteiger partial charge in [0.15, 0.2) is 5.13 Å². The predicted octanol–water partition coefficient (Wildman–Crippen LogP) is 6.10. The fraction of sp³-hybridized carbons (Fsp3) is 0.429. The van der Waals surface area contributed by atoms with Gasteiger partial charge in [-0.2, -0.15) is 0 Å². The first kappa shape index (κ1) is 24.6. The molecule has 2 aliphatic rings. The molecule has 1 aliphatic heterocycles. The number of carbonyl (C=O) groups is 2. The van der Waals surface area contributed by atoms with Gasteiger partial charge < -0.3 is 0 Å². The van der Waals surface area contributed by atoms with E-state index in [9.17, 15) is 14.0 Å². The normalized spacial score (nSPS) is 16.4. The summed E-state index contributed by atoms with van der Waals surface area (Å²) in [5, 5.41) is 2.47. The van der Waals surface area contributed by atoms with Gasteiger partial charge in [0, 0.05) is 48.3 Å². The average Bonchev–Trinajstić information content (AvgIpc) is 3.63. The number of anilines is 2. The molecule has 2 amide bonds. The maximum Gasteiger partial charge on any atom is 0.232 e. The van der Waals surface area contributed by atoms with Gasteiger partial charge in [-0.3, -0.25) is 19.4 Å². The zero-order valence-electron chi connectivity index (χ0n) is 21.0. The van der Waals surface area contributed by atoms with Crippen LogP contribution in [0.1, 0.15) is 51.0 Å². The van der Waals surface area contributed by atoms with E-state index < -0.39 is 0 Å². The fourth-order valence-corrected chi connectivity index (χ4v) is 6.26. The Balaban J connectivity index is 1.42. The summed E-state index contributed by atoms with van der Waals surface area (Å²) in [6.07, 6.45) is 8.74. The molecule has 1 fully saturated rings. The molecule has 0 saturated heterocycles. The lowest BCUT2D eigenvalue weighted by atomic mass is 9.90. The number of hydrogen-bond donors (Lipinski definition) is 0. The van der Waals surface area contributed by atoms with E-state index in [1.54, 1.807) is 36.2 Å². The maximum atomic E-state index is 14.4. The number of amides is 2. The van der Waals surface area contributed by atoms with Crippen LogP contribution < -0.4 is 9.80 Å². The number of aromatic nitrogens is 2. The Morgan fingerprint density at radius 1 is 1.25 bits per heavy atom. The van der Waals surface area contributed by atoms with Crippen molar-refractivity contribution in [3.63, 3.8) is 0 Å². The molecule has 5 rings (SSSR count). The lowest BCUT2D eigenvalue weighted by molar-refractivity contribution is -0.122. The van der Waals surface area contributed by atoms with Crippen molar-refractivity contribution in [3.8, 4) is 22.4 Å². The van der Waals surface area contributed by atoms with Crippen LogP contribution in [-0.4, -0.2) is 35.9 Å². The number of pyridine rings is 1. The van der Waals surface area contributed by atoms with Crippen molar-refractivity contribution in [1.29, 1.82) is 0 Å². The highest BCUT2D eigenvalue weighted by atomic mass is 32.1. The Labute approximate surface area is 215 Å². The maximum absolute atomic E-state index is 14.4. The van der Waals surface area contributed by atoms with E-state index in [2.05, 4.69) is 11.9 Å². The van der Waals surface area contributed by atoms with Crippen LogP contribution in [0.4, 0.5) is 15.3 Å². The molecule has 36 heavy (non-hydrogen) atoms. The van der Waals surface area contributed by atoms with Crippen LogP contribution in [0.15, 0.2) is 35.8 Å². The van der Waals surface area contributed by atoms with Gasteiger partial charge in [0.25, 0.3) is 0 Å². The van der Waals surface area contributed by atoms with Crippen LogP contribution >= 0.6 is 11.3 Å². The van der Waals surface area contributed by atoms with Crippen molar-refractivity contribution in [2.75, 3.05) is 23.9 Å². The summed E-state index contributed by atoms with van der Waals surface area (Å²) in [5.74, 6) is 1.04. The molecule has 1 aliphatic carbocycles. The number of hydrogen-bond acceptors (Lipinski definition) is 5. The smallest absolute Gasteiger partial charge is 0.232 e. The van der Waals surface area contributed by atoms with Gasteiger partial charge in [-0.15, -0.1) is 11.3 Å². The van der Waals surface area contributed by atoms with Crippen LogP contribution in [0.25, 0.3) is 22.4 Å². The van der Waals surface area contributed by atoms with Crippen molar-refractivity contribution in [2.45, 2.75) is 51.9 Å². The first-order valence-electron chi connectivity index (χ1n) is 12.6. The number of carbonyl (C=O) groups excluding carboxylic acids is 2. The summed E-state index contributed by atoms with van der Waals surface area (Å²) in [6, 6.07) is 6.55.